The SMILES string of the molecule is CNC(=O)NC1=C(C(=O)O)N2C(=O)[C@@H](NC(=O)OC(C)(C)C)CN2C1C(C)(C)C. The molecular weight excluding hydrogens is 382 g/mol. The van der Waals surface area contributed by atoms with Crippen molar-refractivity contribution in [1.29, 1.82) is 0 Å². The number of carboxylic acid groups (broad SMARTS) is 1. The Hall–Kier alpha value is -2.82. The molecule has 0 aromatic carbocycles. The van der Waals surface area contributed by atoms with Crippen molar-refractivity contribution in [3.05, 3.63) is 11.4 Å². The van der Waals surface area contributed by atoms with E-state index < -0.39 is 47.1 Å². The van der Waals surface area contributed by atoms with Gasteiger partial charge < -0.3 is 25.8 Å². The summed E-state index contributed by atoms with van der Waals surface area (Å²) >= 11 is 0. The fourth-order valence-corrected chi connectivity index (χ4v) is 3.43. The minimum Gasteiger partial charge on any atom is -0.476 e. The summed E-state index contributed by atoms with van der Waals surface area (Å²) in [4.78, 5) is 49.0. The van der Waals surface area contributed by atoms with Crippen molar-refractivity contribution in [2.45, 2.75) is 59.2 Å². The Morgan fingerprint density at radius 1 is 1.14 bits per heavy atom. The third kappa shape index (κ3) is 4.61. The minimum absolute atomic E-state index is 0.0374. The summed E-state index contributed by atoms with van der Waals surface area (Å²) in [5.41, 5.74) is -1.50. The van der Waals surface area contributed by atoms with Crippen molar-refractivity contribution in [2.75, 3.05) is 13.6 Å². The van der Waals surface area contributed by atoms with Gasteiger partial charge in [0.05, 0.1) is 11.7 Å². The molecule has 2 heterocycles. The predicted molar refractivity (Wildman–Crippen MR) is 102 cm³/mol. The van der Waals surface area contributed by atoms with Crippen LogP contribution in [-0.2, 0) is 14.3 Å². The van der Waals surface area contributed by atoms with Gasteiger partial charge in [0.1, 0.15) is 11.6 Å². The number of nitrogens with one attached hydrogen (secondary N) is 3. The van der Waals surface area contributed by atoms with Gasteiger partial charge in [0.2, 0.25) is 0 Å². The highest BCUT2D eigenvalue weighted by Gasteiger charge is 2.56. The molecule has 29 heavy (non-hydrogen) atoms. The van der Waals surface area contributed by atoms with Crippen LogP contribution in [-0.4, -0.2) is 70.4 Å². The number of carboxylic acids is 1. The topological polar surface area (TPSA) is 140 Å². The Balaban J connectivity index is 2.40. The predicted octanol–water partition coefficient (Wildman–Crippen LogP) is 0.592. The normalized spacial score (nSPS) is 22.4. The molecule has 2 aliphatic rings. The Kier molecular flexibility index (Phi) is 5.84. The van der Waals surface area contributed by atoms with Gasteiger partial charge in [-0.05, 0) is 26.2 Å². The van der Waals surface area contributed by atoms with E-state index >= 15 is 0 Å². The van der Waals surface area contributed by atoms with Gasteiger partial charge in [0.25, 0.3) is 5.91 Å². The van der Waals surface area contributed by atoms with Crippen LogP contribution in [0, 0.1) is 5.41 Å². The average molecular weight is 411 g/mol. The second-order valence-electron chi connectivity index (χ2n) is 9.01. The monoisotopic (exact) mass is 411 g/mol. The summed E-state index contributed by atoms with van der Waals surface area (Å²) < 4.78 is 5.19. The van der Waals surface area contributed by atoms with Crippen LogP contribution in [0.25, 0.3) is 0 Å². The van der Waals surface area contributed by atoms with Crippen LogP contribution in [0.2, 0.25) is 0 Å². The Labute approximate surface area is 169 Å². The van der Waals surface area contributed by atoms with Crippen molar-refractivity contribution in [2.24, 2.45) is 5.41 Å². The Bertz CT molecular complexity index is 764. The lowest BCUT2D eigenvalue weighted by molar-refractivity contribution is -0.145. The summed E-state index contributed by atoms with van der Waals surface area (Å²) in [5, 5.41) is 19.8. The molecule has 1 fully saturated rings. The number of hydrazine groups is 1. The van der Waals surface area contributed by atoms with E-state index in [0.717, 1.165) is 5.01 Å². The van der Waals surface area contributed by atoms with Gasteiger partial charge >= 0.3 is 18.1 Å². The molecule has 162 valence electrons. The first-order valence-electron chi connectivity index (χ1n) is 9.23. The highest BCUT2D eigenvalue weighted by Crippen LogP contribution is 2.41. The molecule has 4 amide bonds. The van der Waals surface area contributed by atoms with E-state index in [-0.39, 0.29) is 17.9 Å². The molecule has 0 spiro atoms. The second-order valence-corrected chi connectivity index (χ2v) is 9.01. The largest absolute Gasteiger partial charge is 0.476 e. The highest BCUT2D eigenvalue weighted by atomic mass is 16.6. The van der Waals surface area contributed by atoms with Gasteiger partial charge in [0, 0.05) is 13.6 Å². The van der Waals surface area contributed by atoms with Crippen LogP contribution in [0.1, 0.15) is 41.5 Å². The summed E-state index contributed by atoms with van der Waals surface area (Å²) in [7, 11) is 1.41. The molecule has 0 aromatic rings. The zero-order chi connectivity index (χ0) is 22.3. The number of urea groups is 1. The maximum atomic E-state index is 13.0. The van der Waals surface area contributed by atoms with E-state index in [4.69, 9.17) is 4.74 Å². The number of fused-ring (bicyclic) bond motifs is 1. The molecule has 1 unspecified atom stereocenters. The zero-order valence-corrected chi connectivity index (χ0v) is 17.7. The third-order valence-electron chi connectivity index (χ3n) is 4.36. The van der Waals surface area contributed by atoms with Crippen LogP contribution in [0.3, 0.4) is 0 Å². The van der Waals surface area contributed by atoms with Crippen molar-refractivity contribution >= 4 is 24.0 Å². The number of amides is 4. The smallest absolute Gasteiger partial charge is 0.408 e. The van der Waals surface area contributed by atoms with E-state index in [1.165, 1.54) is 7.05 Å². The molecule has 0 bridgehead atoms. The van der Waals surface area contributed by atoms with Crippen LogP contribution < -0.4 is 16.0 Å². The molecule has 11 nitrogen and oxygen atoms in total. The van der Waals surface area contributed by atoms with Crippen LogP contribution in [0.15, 0.2) is 11.4 Å². The van der Waals surface area contributed by atoms with Crippen molar-refractivity contribution in [3.63, 3.8) is 0 Å². The minimum atomic E-state index is -1.36. The highest BCUT2D eigenvalue weighted by molar-refractivity contribution is 5.98. The fraction of sp³-hybridized carbons (Fsp3) is 0.667. The van der Waals surface area contributed by atoms with E-state index in [0.29, 0.717) is 0 Å². The standard InChI is InChI=1S/C18H29N5O6/c1-17(2,3)12-10(21-15(27)19-7)11(14(25)26)23-13(24)9(8-22(12)23)20-16(28)29-18(4,5)6/h9,12H,8H2,1-7H3,(H,20,28)(H,25,26)(H2,19,21,27)/t9-,12?/m0/s1. The number of carbonyl (C=O) groups excluding carboxylic acids is 3. The molecule has 2 atom stereocenters. The number of aliphatic carboxylic acids is 1. The van der Waals surface area contributed by atoms with Crippen molar-refractivity contribution in [1.82, 2.24) is 26.0 Å². The number of hydrogen-bond donors (Lipinski definition) is 4. The zero-order valence-electron chi connectivity index (χ0n) is 17.7. The van der Waals surface area contributed by atoms with E-state index in [2.05, 4.69) is 16.0 Å². The molecule has 4 N–H and O–H groups in total. The maximum absolute atomic E-state index is 13.0. The van der Waals surface area contributed by atoms with Gasteiger partial charge in [-0.3, -0.25) is 4.79 Å². The number of hydrogen-bond acceptors (Lipinski definition) is 6. The molecule has 0 aliphatic carbocycles. The number of nitrogens with zero attached hydrogens (tertiary/aromatic N) is 2. The van der Waals surface area contributed by atoms with Gasteiger partial charge in [-0.2, -0.15) is 0 Å². The van der Waals surface area contributed by atoms with Gasteiger partial charge in [0.15, 0.2) is 5.70 Å². The summed E-state index contributed by atoms with van der Waals surface area (Å²) in [6, 6.07) is -2.18. The number of carbonyl (C=O) groups is 4. The lowest BCUT2D eigenvalue weighted by Gasteiger charge is -2.36. The molecule has 2 rings (SSSR count). The van der Waals surface area contributed by atoms with E-state index in [1.54, 1.807) is 25.8 Å². The molecule has 0 saturated carbocycles. The quantitative estimate of drug-likeness (QED) is 0.533. The van der Waals surface area contributed by atoms with Crippen molar-refractivity contribution in [3.8, 4) is 0 Å². The molecule has 0 aromatic heterocycles. The third-order valence-corrected chi connectivity index (χ3v) is 4.36. The number of ether oxygens (including phenoxy) is 1. The first kappa shape index (κ1) is 22.5. The maximum Gasteiger partial charge on any atom is 0.408 e. The summed E-state index contributed by atoms with van der Waals surface area (Å²) in [6.45, 7) is 10.7. The molecule has 11 heteroatoms. The van der Waals surface area contributed by atoms with Crippen LogP contribution >= 0.6 is 0 Å². The fourth-order valence-electron chi connectivity index (χ4n) is 3.43. The van der Waals surface area contributed by atoms with E-state index in [9.17, 15) is 24.3 Å². The van der Waals surface area contributed by atoms with Gasteiger partial charge in [-0.25, -0.2) is 24.4 Å². The average Bonchev–Trinajstić information content (AvgIpc) is 2.99. The molecule has 0 radical (unpaired) electrons. The second kappa shape index (κ2) is 7.54. The Morgan fingerprint density at radius 3 is 2.17 bits per heavy atom. The van der Waals surface area contributed by atoms with Gasteiger partial charge in [-0.15, -0.1) is 0 Å². The Morgan fingerprint density at radius 2 is 1.72 bits per heavy atom. The summed E-state index contributed by atoms with van der Waals surface area (Å²) in [5.74, 6) is -1.98. The molecule has 2 aliphatic heterocycles. The first-order valence-corrected chi connectivity index (χ1v) is 9.23. The number of rotatable bonds is 3. The summed E-state index contributed by atoms with van der Waals surface area (Å²) in [6.07, 6.45) is -0.768. The lowest BCUT2D eigenvalue weighted by Crippen LogP contribution is -2.49. The van der Waals surface area contributed by atoms with Gasteiger partial charge in [-0.1, -0.05) is 20.8 Å². The van der Waals surface area contributed by atoms with Crippen LogP contribution in [0.5, 0.6) is 0 Å². The first-order chi connectivity index (χ1) is 13.2. The lowest BCUT2D eigenvalue weighted by atomic mass is 9.84. The van der Waals surface area contributed by atoms with Crippen molar-refractivity contribution < 1.29 is 29.0 Å². The molecule has 1 saturated heterocycles. The van der Waals surface area contributed by atoms with E-state index in [1.807, 2.05) is 20.8 Å². The van der Waals surface area contributed by atoms with Crippen LogP contribution in [0.4, 0.5) is 9.59 Å². The number of alkyl carbamates (subject to hydrolysis) is 1. The molecular formula is C18H29N5O6.